The molecule has 2 aliphatic rings. The van der Waals surface area contributed by atoms with Crippen LogP contribution in [0.1, 0.15) is 45.1 Å². The van der Waals surface area contributed by atoms with E-state index in [1.165, 1.54) is 11.8 Å². The Labute approximate surface area is 227 Å². The standard InChI is InChI=1S/C26H38N4O7S/c1-4-16(2)20(29-25(33)18-8-9-22(31)27-18)13-30(12-17-6-5-7-21-24(17)37-15-36-21)14-23(32)28-19(26(34)35)10-11-38-3/h5-7,16,18-20H,4,8-15H2,1-3H3,(H,27,31)(H,28,32)(H,29,33)(H,34,35)/t16-,18-,19-,20+/m0/s1. The maximum absolute atomic E-state index is 13.0. The molecule has 2 aliphatic heterocycles. The van der Waals surface area contributed by atoms with E-state index in [0.29, 0.717) is 49.6 Å². The number of nitrogens with zero attached hydrogens (tertiary/aromatic N) is 1. The molecule has 0 unspecified atom stereocenters. The van der Waals surface area contributed by atoms with Gasteiger partial charge in [-0.05, 0) is 36.8 Å². The molecule has 210 valence electrons. The van der Waals surface area contributed by atoms with Gasteiger partial charge in [-0.25, -0.2) is 4.79 Å². The number of amides is 3. The Morgan fingerprint density at radius 2 is 2.05 bits per heavy atom. The molecule has 0 aromatic heterocycles. The van der Waals surface area contributed by atoms with Crippen LogP contribution in [0.25, 0.3) is 0 Å². The van der Waals surface area contributed by atoms with Gasteiger partial charge in [-0.1, -0.05) is 32.4 Å². The Hall–Kier alpha value is -2.99. The predicted molar refractivity (Wildman–Crippen MR) is 143 cm³/mol. The van der Waals surface area contributed by atoms with Gasteiger partial charge in [0.1, 0.15) is 12.1 Å². The third kappa shape index (κ3) is 8.26. The van der Waals surface area contributed by atoms with Gasteiger partial charge in [0.2, 0.25) is 24.5 Å². The fourth-order valence-electron chi connectivity index (χ4n) is 4.50. The van der Waals surface area contributed by atoms with Crippen LogP contribution in [0.4, 0.5) is 0 Å². The van der Waals surface area contributed by atoms with Crippen LogP contribution in [0.15, 0.2) is 18.2 Å². The molecule has 0 bridgehead atoms. The van der Waals surface area contributed by atoms with Crippen molar-refractivity contribution in [2.24, 2.45) is 5.92 Å². The summed E-state index contributed by atoms with van der Waals surface area (Å²) < 4.78 is 11.1. The van der Waals surface area contributed by atoms with Crippen molar-refractivity contribution < 1.29 is 33.8 Å². The fourth-order valence-corrected chi connectivity index (χ4v) is 4.97. The molecular weight excluding hydrogens is 512 g/mol. The van der Waals surface area contributed by atoms with Crippen LogP contribution in [0.2, 0.25) is 0 Å². The van der Waals surface area contributed by atoms with Gasteiger partial charge >= 0.3 is 5.97 Å². The first-order chi connectivity index (χ1) is 18.2. The summed E-state index contributed by atoms with van der Waals surface area (Å²) in [7, 11) is 0. The number of fused-ring (bicyclic) bond motifs is 1. The molecule has 0 spiro atoms. The zero-order chi connectivity index (χ0) is 27.7. The number of rotatable bonds is 15. The lowest BCUT2D eigenvalue weighted by atomic mass is 9.97. The van der Waals surface area contributed by atoms with Gasteiger partial charge in [-0.2, -0.15) is 11.8 Å². The van der Waals surface area contributed by atoms with Crippen molar-refractivity contribution in [1.29, 1.82) is 0 Å². The fraction of sp³-hybridized carbons (Fsp3) is 0.615. The minimum Gasteiger partial charge on any atom is -0.480 e. The van der Waals surface area contributed by atoms with Crippen LogP contribution >= 0.6 is 11.8 Å². The maximum Gasteiger partial charge on any atom is 0.326 e. The Kier molecular flexibility index (Phi) is 11.1. The molecule has 11 nitrogen and oxygen atoms in total. The smallest absolute Gasteiger partial charge is 0.326 e. The van der Waals surface area contributed by atoms with Crippen LogP contribution in [0.3, 0.4) is 0 Å². The normalized spacial score (nSPS) is 18.5. The number of nitrogens with one attached hydrogen (secondary N) is 3. The number of aliphatic carboxylic acids is 1. The van der Waals surface area contributed by atoms with Crippen LogP contribution < -0.4 is 25.4 Å². The molecule has 1 aromatic carbocycles. The van der Waals surface area contributed by atoms with Crippen LogP contribution in [0.5, 0.6) is 11.5 Å². The van der Waals surface area contributed by atoms with Gasteiger partial charge in [0.25, 0.3) is 0 Å². The van der Waals surface area contributed by atoms with E-state index in [-0.39, 0.29) is 37.1 Å². The summed E-state index contributed by atoms with van der Waals surface area (Å²) in [5.74, 6) is 0.0426. The first-order valence-corrected chi connectivity index (χ1v) is 14.3. The number of carbonyl (C=O) groups excluding carboxylic acids is 3. The summed E-state index contributed by atoms with van der Waals surface area (Å²) in [6.07, 6.45) is 3.76. The molecule has 38 heavy (non-hydrogen) atoms. The average Bonchev–Trinajstić information content (AvgIpc) is 3.55. The third-order valence-corrected chi connectivity index (χ3v) is 7.55. The molecule has 3 rings (SSSR count). The van der Waals surface area contributed by atoms with E-state index in [1.54, 1.807) is 0 Å². The number of carboxylic acids is 1. The molecule has 4 atom stereocenters. The lowest BCUT2D eigenvalue weighted by Crippen LogP contribution is -2.53. The quantitative estimate of drug-likeness (QED) is 0.254. The number of hydrogen-bond donors (Lipinski definition) is 4. The summed E-state index contributed by atoms with van der Waals surface area (Å²) in [6, 6.07) is 3.69. The molecular formula is C26H38N4O7S. The summed E-state index contributed by atoms with van der Waals surface area (Å²) in [6.45, 7) is 4.75. The van der Waals surface area contributed by atoms with E-state index in [4.69, 9.17) is 9.47 Å². The van der Waals surface area contributed by atoms with Gasteiger partial charge in [-0.15, -0.1) is 0 Å². The molecule has 0 aliphatic carbocycles. The molecule has 2 heterocycles. The monoisotopic (exact) mass is 550 g/mol. The maximum atomic E-state index is 13.0. The van der Waals surface area contributed by atoms with Crippen molar-refractivity contribution in [3.63, 3.8) is 0 Å². The van der Waals surface area contributed by atoms with Crippen molar-refractivity contribution in [1.82, 2.24) is 20.9 Å². The molecule has 1 fully saturated rings. The van der Waals surface area contributed by atoms with Gasteiger partial charge in [-0.3, -0.25) is 19.3 Å². The molecule has 0 radical (unpaired) electrons. The second kappa shape index (κ2) is 14.2. The Bertz CT molecular complexity index is 1010. The number of carbonyl (C=O) groups is 4. The zero-order valence-corrected chi connectivity index (χ0v) is 23.0. The summed E-state index contributed by atoms with van der Waals surface area (Å²) >= 11 is 1.51. The molecule has 12 heteroatoms. The zero-order valence-electron chi connectivity index (χ0n) is 22.2. The van der Waals surface area contributed by atoms with E-state index in [9.17, 15) is 24.3 Å². The number of thioether (sulfide) groups is 1. The highest BCUT2D eigenvalue weighted by Crippen LogP contribution is 2.36. The van der Waals surface area contributed by atoms with Crippen LogP contribution in [-0.2, 0) is 25.7 Å². The van der Waals surface area contributed by atoms with E-state index in [2.05, 4.69) is 16.0 Å². The Morgan fingerprint density at radius 1 is 1.26 bits per heavy atom. The predicted octanol–water partition coefficient (Wildman–Crippen LogP) is 1.35. The highest BCUT2D eigenvalue weighted by molar-refractivity contribution is 7.98. The van der Waals surface area contributed by atoms with Crippen LogP contribution in [-0.4, -0.2) is 83.7 Å². The van der Waals surface area contributed by atoms with Gasteiger partial charge in [0.05, 0.1) is 6.54 Å². The van der Waals surface area contributed by atoms with Crippen molar-refractivity contribution >= 4 is 35.5 Å². The van der Waals surface area contributed by atoms with E-state index in [0.717, 1.165) is 12.0 Å². The Morgan fingerprint density at radius 3 is 2.71 bits per heavy atom. The van der Waals surface area contributed by atoms with Gasteiger partial charge in [0, 0.05) is 31.1 Å². The van der Waals surface area contributed by atoms with E-state index < -0.39 is 24.0 Å². The molecule has 1 aromatic rings. The lowest BCUT2D eigenvalue weighted by Gasteiger charge is -2.32. The second-order valence-electron chi connectivity index (χ2n) is 9.72. The van der Waals surface area contributed by atoms with Crippen molar-refractivity contribution in [3.8, 4) is 11.5 Å². The lowest BCUT2D eigenvalue weighted by molar-refractivity contribution is -0.142. The molecule has 4 N–H and O–H groups in total. The summed E-state index contributed by atoms with van der Waals surface area (Å²) in [5.41, 5.74) is 0.822. The number of para-hydroxylation sites is 1. The minimum absolute atomic E-state index is 0.0729. The summed E-state index contributed by atoms with van der Waals surface area (Å²) in [5, 5.41) is 18.0. The van der Waals surface area contributed by atoms with Gasteiger partial charge in [0.15, 0.2) is 11.5 Å². The van der Waals surface area contributed by atoms with E-state index >= 15 is 0 Å². The Balaban J connectivity index is 1.78. The molecule has 0 saturated carbocycles. The highest BCUT2D eigenvalue weighted by atomic mass is 32.2. The first kappa shape index (κ1) is 29.6. The highest BCUT2D eigenvalue weighted by Gasteiger charge is 2.31. The van der Waals surface area contributed by atoms with Crippen molar-refractivity contribution in [2.75, 3.05) is 31.9 Å². The van der Waals surface area contributed by atoms with Crippen molar-refractivity contribution in [2.45, 2.75) is 64.2 Å². The SMILES string of the molecule is CC[C@H](C)[C@@H](CN(CC(=O)N[C@@H](CCSC)C(=O)O)Cc1cccc2c1OCO2)NC(=O)[C@@H]1CCC(=O)N1. The third-order valence-electron chi connectivity index (χ3n) is 6.91. The van der Waals surface area contributed by atoms with E-state index in [1.807, 2.05) is 43.2 Å². The minimum atomic E-state index is -1.08. The average molecular weight is 551 g/mol. The number of ether oxygens (including phenoxy) is 2. The molecule has 3 amide bonds. The number of carboxylic acid groups (broad SMARTS) is 1. The van der Waals surface area contributed by atoms with Gasteiger partial charge < -0.3 is 30.5 Å². The topological polar surface area (TPSA) is 146 Å². The second-order valence-corrected chi connectivity index (χ2v) is 10.7. The summed E-state index contributed by atoms with van der Waals surface area (Å²) in [4.78, 5) is 51.1. The van der Waals surface area contributed by atoms with Crippen molar-refractivity contribution in [3.05, 3.63) is 23.8 Å². The van der Waals surface area contributed by atoms with Crippen LogP contribution in [0, 0.1) is 5.92 Å². The number of hydrogen-bond acceptors (Lipinski definition) is 8. The first-order valence-electron chi connectivity index (χ1n) is 12.9. The molecule has 1 saturated heterocycles. The largest absolute Gasteiger partial charge is 0.480 e. The number of benzene rings is 1.